The number of carbonyl (C=O) groups is 1. The number of hydrogen-bond donors (Lipinski definition) is 2. The van der Waals surface area contributed by atoms with Crippen molar-refractivity contribution < 1.29 is 14.1 Å². The van der Waals surface area contributed by atoms with Gasteiger partial charge in [0.25, 0.3) is 0 Å². The second-order valence-corrected chi connectivity index (χ2v) is 2.35. The molecule has 0 saturated carbocycles. The molecule has 0 heterocycles. The molecule has 0 aromatic rings. The summed E-state index contributed by atoms with van der Waals surface area (Å²) in [7, 11) is 0. The molecule has 3 nitrogen and oxygen atoms in total. The molecule has 0 aliphatic rings. The highest BCUT2D eigenvalue weighted by Crippen LogP contribution is 2.01. The van der Waals surface area contributed by atoms with E-state index >= 15 is 0 Å². The van der Waals surface area contributed by atoms with Crippen LogP contribution in [0.25, 0.3) is 0 Å². The lowest BCUT2D eigenvalue weighted by Crippen LogP contribution is -2.31. The van der Waals surface area contributed by atoms with Gasteiger partial charge in [-0.05, 0) is 12.3 Å². The van der Waals surface area contributed by atoms with Gasteiger partial charge < -0.3 is 10.8 Å². The summed E-state index contributed by atoms with van der Waals surface area (Å²) in [5, 5.41) is 8.58. The molecule has 0 aromatic heterocycles. The Morgan fingerprint density at radius 1 is 2.00 bits per heavy atom. The normalized spacial score (nSPS) is 22.4. The van der Waals surface area contributed by atoms with Crippen LogP contribution in [0.4, 0.5) is 0 Å². The lowest BCUT2D eigenvalue weighted by Gasteiger charge is -2.07. The Bertz CT molecular complexity index is 174. The van der Waals surface area contributed by atoms with Gasteiger partial charge in [-0.2, -0.15) is 0 Å². The average molecular weight is 134 g/mol. The predicted molar refractivity (Wildman–Crippen MR) is 35.1 cm³/mol. The molecule has 0 amide bonds. The van der Waals surface area contributed by atoms with Crippen LogP contribution in [0, 0.1) is 5.92 Å². The lowest BCUT2D eigenvalue weighted by molar-refractivity contribution is -0.138. The zero-order valence-electron chi connectivity index (χ0n) is 8.59. The van der Waals surface area contributed by atoms with E-state index in [0.29, 0.717) is 0 Å². The summed E-state index contributed by atoms with van der Waals surface area (Å²) >= 11 is 0. The van der Waals surface area contributed by atoms with Crippen LogP contribution >= 0.6 is 0 Å². The molecule has 0 fully saturated rings. The smallest absolute Gasteiger partial charge is 0.320 e. The first-order chi connectivity index (χ1) is 5.30. The number of carboxylic acids is 1. The van der Waals surface area contributed by atoms with E-state index in [2.05, 4.69) is 0 Å². The van der Waals surface area contributed by atoms with Crippen molar-refractivity contribution in [2.45, 2.75) is 26.3 Å². The molecule has 0 bridgehead atoms. The predicted octanol–water partition coefficient (Wildman–Crippen LogP) is 0.444. The van der Waals surface area contributed by atoms with Crippen LogP contribution in [0.15, 0.2) is 0 Å². The molecular weight excluding hydrogens is 118 g/mol. The van der Waals surface area contributed by atoms with E-state index in [0.717, 1.165) is 0 Å². The molecule has 0 saturated heterocycles. The molecule has 0 aliphatic heterocycles. The van der Waals surface area contributed by atoms with Crippen molar-refractivity contribution in [3.63, 3.8) is 0 Å². The molecule has 54 valence electrons. The van der Waals surface area contributed by atoms with Gasteiger partial charge in [-0.3, -0.25) is 4.79 Å². The van der Waals surface area contributed by atoms with Crippen molar-refractivity contribution in [2.75, 3.05) is 0 Å². The second kappa shape index (κ2) is 3.45. The first kappa shape index (κ1) is 4.28. The van der Waals surface area contributed by atoms with Gasteiger partial charge in [0.15, 0.2) is 0 Å². The van der Waals surface area contributed by atoms with Crippen molar-refractivity contribution in [2.24, 2.45) is 11.6 Å². The molecule has 0 spiro atoms. The maximum atomic E-state index is 10.5. The molecular formula is C6H13NO2. The zero-order chi connectivity index (χ0) is 9.94. The van der Waals surface area contributed by atoms with Gasteiger partial charge in [0.2, 0.25) is 0 Å². The number of nitrogens with two attached hydrogens (primary N) is 1. The van der Waals surface area contributed by atoms with Gasteiger partial charge >= 0.3 is 5.97 Å². The summed E-state index contributed by atoms with van der Waals surface area (Å²) in [5.74, 6) is -1.49. The van der Waals surface area contributed by atoms with Crippen LogP contribution in [0.3, 0.4) is 0 Å². The number of rotatable bonds is 4. The Morgan fingerprint density at radius 2 is 2.56 bits per heavy atom. The number of hydrogen-bond acceptors (Lipinski definition) is 2. The Hall–Kier alpha value is -0.570. The summed E-state index contributed by atoms with van der Waals surface area (Å²) in [6.07, 6.45) is -0.0324. The van der Waals surface area contributed by atoms with Crippen molar-refractivity contribution in [1.29, 1.82) is 0 Å². The third-order valence-corrected chi connectivity index (χ3v) is 0.848. The summed E-state index contributed by atoms with van der Waals surface area (Å²) in [6.45, 7) is 3.49. The Balaban J connectivity index is 4.51. The standard InChI is InChI=1S/C6H13NO2/c1-4(2)3-5(7)6(8)9/h4-5H,3,7H2,1-2H3,(H,8,9)/i5D/hD2. The van der Waals surface area contributed by atoms with E-state index in [1.807, 2.05) is 0 Å². The van der Waals surface area contributed by atoms with Crippen LogP contribution in [-0.4, -0.2) is 17.1 Å². The maximum Gasteiger partial charge on any atom is 0.320 e. The quantitative estimate of drug-likeness (QED) is 0.586. The third-order valence-electron chi connectivity index (χ3n) is 0.848. The monoisotopic (exact) mass is 134 g/mol. The first-order valence-electron chi connectivity index (χ1n) is 4.21. The van der Waals surface area contributed by atoms with Gasteiger partial charge in [-0.25, -0.2) is 0 Å². The van der Waals surface area contributed by atoms with Gasteiger partial charge in [-0.15, -0.1) is 0 Å². The van der Waals surface area contributed by atoms with Crippen LogP contribution in [0.2, 0.25) is 2.82 Å². The molecule has 1 atom stereocenters. The average Bonchev–Trinajstić information content (AvgIpc) is 1.84. The molecule has 3 heteroatoms. The minimum absolute atomic E-state index is 0.0307. The fourth-order valence-corrected chi connectivity index (χ4v) is 0.474. The summed E-state index contributed by atoms with van der Waals surface area (Å²) in [6, 6.07) is -2.14. The molecule has 0 aromatic carbocycles. The Morgan fingerprint density at radius 3 is 2.67 bits per heavy atom. The van der Waals surface area contributed by atoms with E-state index in [-0.39, 0.29) is 18.1 Å². The topological polar surface area (TPSA) is 63.3 Å². The van der Waals surface area contributed by atoms with E-state index in [9.17, 15) is 4.79 Å². The third kappa shape index (κ3) is 3.97. The minimum atomic E-state index is -2.14. The van der Waals surface area contributed by atoms with Crippen LogP contribution in [0.5, 0.6) is 0 Å². The van der Waals surface area contributed by atoms with Gasteiger partial charge in [0.05, 0.1) is 1.37 Å². The van der Waals surface area contributed by atoms with Gasteiger partial charge in [0, 0.05) is 0 Å². The van der Waals surface area contributed by atoms with Crippen LogP contribution in [-0.2, 0) is 4.79 Å². The largest absolute Gasteiger partial charge is 0.480 e. The molecule has 0 aliphatic carbocycles. The van der Waals surface area contributed by atoms with E-state index in [4.69, 9.17) is 9.30 Å². The highest BCUT2D eigenvalue weighted by molar-refractivity contribution is 5.72. The highest BCUT2D eigenvalue weighted by Gasteiger charge is 2.11. The van der Waals surface area contributed by atoms with Crippen LogP contribution in [0.1, 0.15) is 21.6 Å². The summed E-state index contributed by atoms with van der Waals surface area (Å²) in [4.78, 5) is 10.5. The van der Waals surface area contributed by atoms with E-state index in [1.54, 1.807) is 13.8 Å². The Labute approximate surface area is 59.2 Å². The second-order valence-electron chi connectivity index (χ2n) is 2.35. The number of aliphatic carboxylic acids is 1. The van der Waals surface area contributed by atoms with E-state index < -0.39 is 12.0 Å². The summed E-state index contributed by atoms with van der Waals surface area (Å²) in [5.41, 5.74) is -0.0741. The van der Waals surface area contributed by atoms with E-state index in [1.165, 1.54) is 0 Å². The lowest BCUT2D eigenvalue weighted by atomic mass is 10.1. The van der Waals surface area contributed by atoms with Crippen LogP contribution < -0.4 is 5.72 Å². The highest BCUT2D eigenvalue weighted by atomic mass is 16.4. The summed E-state index contributed by atoms with van der Waals surface area (Å²) < 4.78 is 20.9. The molecule has 3 N–H and O–H groups in total. The SMILES string of the molecule is [2H]N([2H])C([2H])(CC(C)C)C(=O)O. The van der Waals surface area contributed by atoms with Crippen molar-refractivity contribution in [3.8, 4) is 0 Å². The molecule has 0 radical (unpaired) electrons. The number of carboxylic acid groups (broad SMARTS) is 1. The fourth-order valence-electron chi connectivity index (χ4n) is 0.474. The van der Waals surface area contributed by atoms with Gasteiger partial charge in [0.1, 0.15) is 8.84 Å². The minimum Gasteiger partial charge on any atom is -0.480 e. The zero-order valence-corrected chi connectivity index (χ0v) is 5.59. The van der Waals surface area contributed by atoms with Crippen molar-refractivity contribution >= 4 is 5.97 Å². The fraction of sp³-hybridized carbons (Fsp3) is 0.833. The van der Waals surface area contributed by atoms with Gasteiger partial charge in [-0.1, -0.05) is 13.8 Å². The molecule has 0 rings (SSSR count). The Kier molecular flexibility index (Phi) is 1.64. The van der Waals surface area contributed by atoms with Crippen molar-refractivity contribution in [3.05, 3.63) is 0 Å². The van der Waals surface area contributed by atoms with Crippen molar-refractivity contribution in [1.82, 2.24) is 0 Å². The molecule has 1 unspecified atom stereocenters. The molecule has 9 heavy (non-hydrogen) atoms. The maximum absolute atomic E-state index is 10.5. The first-order valence-corrected chi connectivity index (χ1v) is 2.82.